The van der Waals surface area contributed by atoms with Crippen LogP contribution in [0.1, 0.15) is 0 Å². The van der Waals surface area contributed by atoms with Gasteiger partial charge in [-0.05, 0) is 0 Å². The molecule has 0 saturated heterocycles. The second-order valence-electron chi connectivity index (χ2n) is 0.622. The number of carbonyl (C=O) groups excluding carboxylic acids is 1. The van der Waals surface area contributed by atoms with Crippen molar-refractivity contribution in [2.45, 2.75) is 0 Å². The van der Waals surface area contributed by atoms with Gasteiger partial charge in [-0.25, -0.2) is 0 Å². The molecular formula is C3H6ErO2. The van der Waals surface area contributed by atoms with Gasteiger partial charge < -0.3 is 9.53 Å². The minimum atomic E-state index is 0. The average molecular weight is 241 g/mol. The molecule has 0 aliphatic carbocycles. The molecule has 0 aromatic heterocycles. The molecule has 0 fully saturated rings. The van der Waals surface area contributed by atoms with Crippen molar-refractivity contribution < 1.29 is 46.8 Å². The molecule has 0 unspecified atom stereocenters. The maximum Gasteiger partial charge on any atom is 0.145 e. The Bertz CT molecular complexity index is 30.0. The van der Waals surface area contributed by atoms with Crippen molar-refractivity contribution in [3.63, 3.8) is 0 Å². The van der Waals surface area contributed by atoms with Crippen LogP contribution in [0, 0.1) is 37.3 Å². The largest absolute Gasteiger partial charge is 0.377 e. The summed E-state index contributed by atoms with van der Waals surface area (Å²) in [6.07, 6.45) is 0.708. The summed E-state index contributed by atoms with van der Waals surface area (Å²) in [5.74, 6) is 0. The Morgan fingerprint density at radius 1 is 1.83 bits per heavy atom. The summed E-state index contributed by atoms with van der Waals surface area (Å²) in [6, 6.07) is 0. The van der Waals surface area contributed by atoms with Crippen molar-refractivity contribution >= 4 is 6.29 Å². The number of ether oxygens (including phenoxy) is 1. The molecule has 3 heteroatoms. The number of rotatable bonds is 2. The molecule has 0 N–H and O–H groups in total. The zero-order valence-corrected chi connectivity index (χ0v) is 5.24. The van der Waals surface area contributed by atoms with Crippen LogP contribution in [0.3, 0.4) is 0 Å². The van der Waals surface area contributed by atoms with Crippen molar-refractivity contribution in [3.8, 4) is 0 Å². The smallest absolute Gasteiger partial charge is 0.145 e. The van der Waals surface area contributed by atoms with Gasteiger partial charge in [0.05, 0.1) is 0 Å². The Kier molecular flexibility index (Phi) is 15.5. The number of carbonyl (C=O) groups is 1. The molecule has 0 bridgehead atoms. The minimum absolute atomic E-state index is 0. The van der Waals surface area contributed by atoms with Crippen molar-refractivity contribution in [1.82, 2.24) is 0 Å². The molecule has 0 saturated carbocycles. The van der Waals surface area contributed by atoms with Crippen molar-refractivity contribution in [2.24, 2.45) is 0 Å². The van der Waals surface area contributed by atoms with E-state index >= 15 is 0 Å². The fraction of sp³-hybridized carbons (Fsp3) is 0.667. The summed E-state index contributed by atoms with van der Waals surface area (Å²) in [5.41, 5.74) is 0. The van der Waals surface area contributed by atoms with E-state index in [9.17, 15) is 4.79 Å². The maximum atomic E-state index is 9.28. The molecular weight excluding hydrogens is 235 g/mol. The SMILES string of the molecule is COCC=O.[Er]. The normalized spacial score (nSPS) is 6.17. The fourth-order valence-corrected chi connectivity index (χ4v) is 0.0680. The Morgan fingerprint density at radius 2 is 2.33 bits per heavy atom. The van der Waals surface area contributed by atoms with E-state index in [2.05, 4.69) is 4.74 Å². The summed E-state index contributed by atoms with van der Waals surface area (Å²) in [6.45, 7) is 0.208. The van der Waals surface area contributed by atoms with Crippen LogP contribution in [0.25, 0.3) is 0 Å². The third kappa shape index (κ3) is 8.86. The summed E-state index contributed by atoms with van der Waals surface area (Å²) < 4.78 is 4.32. The van der Waals surface area contributed by atoms with Gasteiger partial charge in [-0.2, -0.15) is 0 Å². The van der Waals surface area contributed by atoms with Gasteiger partial charge in [0, 0.05) is 44.4 Å². The monoisotopic (exact) mass is 240 g/mol. The van der Waals surface area contributed by atoms with E-state index in [1.807, 2.05) is 0 Å². The van der Waals surface area contributed by atoms with E-state index in [1.54, 1.807) is 0 Å². The number of hydrogen-bond donors (Lipinski definition) is 0. The quantitative estimate of drug-likeness (QED) is 0.628. The van der Waals surface area contributed by atoms with Crippen LogP contribution in [0.4, 0.5) is 0 Å². The van der Waals surface area contributed by atoms with Gasteiger partial charge in [0.1, 0.15) is 12.9 Å². The van der Waals surface area contributed by atoms with Gasteiger partial charge in [-0.3, -0.25) is 0 Å². The van der Waals surface area contributed by atoms with Crippen LogP contribution >= 0.6 is 0 Å². The molecule has 0 rings (SSSR count). The second-order valence-corrected chi connectivity index (χ2v) is 0.622. The van der Waals surface area contributed by atoms with Crippen molar-refractivity contribution in [3.05, 3.63) is 0 Å². The van der Waals surface area contributed by atoms with E-state index in [4.69, 9.17) is 0 Å². The minimum Gasteiger partial charge on any atom is -0.377 e. The van der Waals surface area contributed by atoms with E-state index in [-0.39, 0.29) is 43.9 Å². The molecule has 0 spiro atoms. The van der Waals surface area contributed by atoms with E-state index < -0.39 is 0 Å². The summed E-state index contributed by atoms with van der Waals surface area (Å²) in [4.78, 5) is 9.28. The summed E-state index contributed by atoms with van der Waals surface area (Å²) >= 11 is 0. The Labute approximate surface area is 66.5 Å². The van der Waals surface area contributed by atoms with Crippen LogP contribution in [0.15, 0.2) is 0 Å². The van der Waals surface area contributed by atoms with Gasteiger partial charge >= 0.3 is 0 Å². The fourth-order valence-electron chi connectivity index (χ4n) is 0.0680. The number of hydrogen-bond acceptors (Lipinski definition) is 2. The van der Waals surface area contributed by atoms with E-state index in [1.165, 1.54) is 7.11 Å². The van der Waals surface area contributed by atoms with Gasteiger partial charge in [0.15, 0.2) is 0 Å². The maximum absolute atomic E-state index is 9.28. The molecule has 0 aliphatic rings. The van der Waals surface area contributed by atoms with E-state index in [0.717, 1.165) is 0 Å². The molecule has 0 amide bonds. The van der Waals surface area contributed by atoms with Crippen LogP contribution in [0.5, 0.6) is 0 Å². The van der Waals surface area contributed by atoms with Gasteiger partial charge in [-0.1, -0.05) is 0 Å². The standard InChI is InChI=1S/C3H6O2.Er/c1-5-3-2-4;/h2H,3H2,1H3;. The number of aldehydes is 1. The second kappa shape index (κ2) is 9.30. The Balaban J connectivity index is 0. The van der Waals surface area contributed by atoms with Crippen molar-refractivity contribution in [2.75, 3.05) is 13.7 Å². The first-order valence-electron chi connectivity index (χ1n) is 1.34. The zero-order chi connectivity index (χ0) is 4.12. The topological polar surface area (TPSA) is 26.3 Å². The third-order valence-electron chi connectivity index (χ3n) is 0.235. The van der Waals surface area contributed by atoms with Gasteiger partial charge in [0.25, 0.3) is 0 Å². The molecule has 0 radical (unpaired) electrons. The van der Waals surface area contributed by atoms with Crippen LogP contribution < -0.4 is 0 Å². The first kappa shape index (κ1) is 9.99. The average Bonchev–Trinajstić information content (AvgIpc) is 1.41. The molecule has 0 aromatic rings. The van der Waals surface area contributed by atoms with Crippen LogP contribution in [-0.2, 0) is 9.53 Å². The predicted molar refractivity (Wildman–Crippen MR) is 17.9 cm³/mol. The Morgan fingerprint density at radius 3 is 2.33 bits per heavy atom. The number of methoxy groups -OCH3 is 1. The van der Waals surface area contributed by atoms with E-state index in [0.29, 0.717) is 6.29 Å². The van der Waals surface area contributed by atoms with Crippen LogP contribution in [0.2, 0.25) is 0 Å². The third-order valence-corrected chi connectivity index (χ3v) is 0.235. The van der Waals surface area contributed by atoms with Gasteiger partial charge in [-0.15, -0.1) is 0 Å². The molecule has 2 nitrogen and oxygen atoms in total. The molecule has 0 heterocycles. The first-order valence-corrected chi connectivity index (χ1v) is 1.34. The Hall–Kier alpha value is 0.877. The first-order chi connectivity index (χ1) is 2.41. The molecule has 0 atom stereocenters. The molecule has 0 aromatic carbocycles. The summed E-state index contributed by atoms with van der Waals surface area (Å²) in [5, 5.41) is 0. The van der Waals surface area contributed by atoms with Gasteiger partial charge in [0.2, 0.25) is 0 Å². The van der Waals surface area contributed by atoms with Crippen LogP contribution in [-0.4, -0.2) is 20.0 Å². The zero-order valence-electron chi connectivity index (χ0n) is 3.39. The predicted octanol–water partition coefficient (Wildman–Crippen LogP) is -0.168. The molecule has 42 valence electrons. The van der Waals surface area contributed by atoms with Crippen molar-refractivity contribution in [1.29, 1.82) is 0 Å². The summed E-state index contributed by atoms with van der Waals surface area (Å²) in [7, 11) is 1.48. The molecule has 0 aliphatic heterocycles. The molecule has 6 heavy (non-hydrogen) atoms.